The highest BCUT2D eigenvalue weighted by atomic mass is 32.1. The van der Waals surface area contributed by atoms with Gasteiger partial charge in [-0.2, -0.15) is 0 Å². The van der Waals surface area contributed by atoms with Crippen molar-refractivity contribution in [2.24, 2.45) is 0 Å². The Kier molecular flexibility index (Phi) is 18.8. The van der Waals surface area contributed by atoms with E-state index in [1.54, 1.807) is 0 Å². The number of benzene rings is 20. The highest BCUT2D eigenvalue weighted by Crippen LogP contribution is 2.61. The average Bonchev–Trinajstić information content (AvgIpc) is 1.58. The van der Waals surface area contributed by atoms with Crippen LogP contribution in [0.4, 0.5) is 34.1 Å². The number of anilines is 6. The summed E-state index contributed by atoms with van der Waals surface area (Å²) in [5, 5.41) is 5.17. The maximum Gasteiger partial charge on any atom is 0.0713 e. The van der Waals surface area contributed by atoms with Crippen molar-refractivity contribution in [1.29, 1.82) is 0 Å². The second-order valence-corrected chi connectivity index (χ2v) is 36.9. The summed E-state index contributed by atoms with van der Waals surface area (Å²) in [6.07, 6.45) is 0. The molecule has 2 heterocycles. The van der Waals surface area contributed by atoms with E-state index in [1.807, 2.05) is 22.7 Å². The lowest BCUT2D eigenvalue weighted by atomic mass is 9.67. The van der Waals surface area contributed by atoms with Gasteiger partial charge in [-0.3, -0.25) is 0 Å². The Labute approximate surface area is 761 Å². The third-order valence-electron chi connectivity index (χ3n) is 27.5. The zero-order valence-corrected chi connectivity index (χ0v) is 73.0. The van der Waals surface area contributed by atoms with Crippen molar-refractivity contribution in [3.63, 3.8) is 0 Å². The summed E-state index contributed by atoms with van der Waals surface area (Å²) in [5.74, 6) is 0. The molecule has 3 aliphatic rings. The number of fused-ring (bicyclic) bond motifs is 15. The standard InChI is InChI=1S/C70H49NS.C55H37NS/c1-69(2)63-27-15-12-24-56(63)58-41-39-55(45-65(58)69)71(53-35-30-47(31-36-53)46-18-6-3-7-19-46)54-37-32-48(33-38-54)50-42-61(68-62(43-50)60-26-14-17-29-67(60)72-68)49-34-40-59-57-25-13-16-28-64(57)70(66(59)44-49,51-20-8-4-9-21-51)52-22-10-5-11-23-52;1-5-17-41(18-6-1)55(42-19-7-2-8-20-42)51-27-15-13-25-46(51)47-34-31-39(37-52(47)55)49-35-40(36-50-48-26-14-16-28-53(48)57-54(49)50)38-29-32-45(33-30-38)56(43-21-9-3-10-22-43)44-23-11-4-12-24-44/h3-45H,1-2H3;1-37H. The van der Waals surface area contributed by atoms with Gasteiger partial charge in [0.1, 0.15) is 0 Å². The van der Waals surface area contributed by atoms with Crippen LogP contribution in [0.1, 0.15) is 69.5 Å². The largest absolute Gasteiger partial charge is 0.311 e. The molecule has 2 nitrogen and oxygen atoms in total. The topological polar surface area (TPSA) is 6.48 Å². The molecule has 25 rings (SSSR count). The van der Waals surface area contributed by atoms with Crippen molar-refractivity contribution in [3.05, 3.63) is 541 Å². The van der Waals surface area contributed by atoms with Crippen molar-refractivity contribution < 1.29 is 0 Å². The van der Waals surface area contributed by atoms with Crippen LogP contribution in [0.15, 0.2) is 485 Å². The quantitative estimate of drug-likeness (QED) is 0.101. The van der Waals surface area contributed by atoms with Gasteiger partial charge in [-0.05, 0) is 255 Å². The summed E-state index contributed by atoms with van der Waals surface area (Å²) in [6, 6.07) is 180. The first-order valence-corrected chi connectivity index (χ1v) is 46.3. The number of nitrogens with zero attached hydrogens (tertiary/aromatic N) is 2. The van der Waals surface area contributed by atoms with Crippen LogP contribution in [0, 0.1) is 0 Å². The number of thiophene rings is 2. The third kappa shape index (κ3) is 12.7. The number of hydrogen-bond acceptors (Lipinski definition) is 4. The van der Waals surface area contributed by atoms with E-state index in [4.69, 9.17) is 0 Å². The molecule has 608 valence electrons. The second kappa shape index (κ2) is 31.5. The van der Waals surface area contributed by atoms with Gasteiger partial charge in [0.25, 0.3) is 0 Å². The summed E-state index contributed by atoms with van der Waals surface area (Å²) >= 11 is 3.79. The Morgan fingerprint density at radius 2 is 0.450 bits per heavy atom. The van der Waals surface area contributed by atoms with Crippen molar-refractivity contribution >= 4 is 97.1 Å². The summed E-state index contributed by atoms with van der Waals surface area (Å²) in [7, 11) is 0. The SMILES string of the molecule is CC1(C)c2ccccc2-c2ccc(N(c3ccc(-c4ccccc4)cc3)c3ccc(-c4cc(-c5ccc6c(c5)C(c5ccccc5)(c5ccccc5)c5ccccc5-6)c5sc6ccccc6c5c4)cc3)cc21.c1ccc(N(c2ccccc2)c2ccc(-c3cc(-c4ccc5c(c4)C(c4ccccc4)(c4ccccc4)c4ccccc4-5)c4sc5ccccc5c4c3)cc2)cc1. The van der Waals surface area contributed by atoms with Gasteiger partial charge in [-0.15, -0.1) is 22.7 Å². The lowest BCUT2D eigenvalue weighted by Crippen LogP contribution is -2.28. The highest BCUT2D eigenvalue weighted by molar-refractivity contribution is 7.26. The van der Waals surface area contributed by atoms with E-state index in [9.17, 15) is 0 Å². The van der Waals surface area contributed by atoms with Crippen LogP contribution in [-0.4, -0.2) is 0 Å². The van der Waals surface area contributed by atoms with E-state index in [-0.39, 0.29) is 5.41 Å². The molecule has 22 aromatic rings. The minimum Gasteiger partial charge on any atom is -0.311 e. The smallest absolute Gasteiger partial charge is 0.0713 e. The molecule has 0 aliphatic heterocycles. The maximum absolute atomic E-state index is 2.51. The lowest BCUT2D eigenvalue weighted by molar-refractivity contribution is 0.660. The van der Waals surface area contributed by atoms with E-state index < -0.39 is 10.8 Å². The summed E-state index contributed by atoms with van der Waals surface area (Å²) in [6.45, 7) is 4.73. The monoisotopic (exact) mass is 1680 g/mol. The van der Waals surface area contributed by atoms with Crippen molar-refractivity contribution in [2.45, 2.75) is 30.1 Å². The number of rotatable bonds is 15. The predicted molar refractivity (Wildman–Crippen MR) is 547 cm³/mol. The van der Waals surface area contributed by atoms with Gasteiger partial charge in [-0.1, -0.05) is 378 Å². The molecule has 0 radical (unpaired) electrons. The minimum absolute atomic E-state index is 0.121. The normalized spacial score (nSPS) is 13.2. The Morgan fingerprint density at radius 1 is 0.171 bits per heavy atom. The van der Waals surface area contributed by atoms with Crippen LogP contribution in [0.3, 0.4) is 0 Å². The molecule has 129 heavy (non-hydrogen) atoms. The fourth-order valence-electron chi connectivity index (χ4n) is 21.6. The first-order chi connectivity index (χ1) is 63.7. The summed E-state index contributed by atoms with van der Waals surface area (Å²) < 4.78 is 5.23. The molecule has 3 aliphatic carbocycles. The van der Waals surface area contributed by atoms with Gasteiger partial charge in [0.15, 0.2) is 0 Å². The molecule has 0 unspecified atom stereocenters. The molecule has 0 spiro atoms. The van der Waals surface area contributed by atoms with Crippen LogP contribution in [0.5, 0.6) is 0 Å². The molecule has 2 aromatic heterocycles. The van der Waals surface area contributed by atoms with E-state index in [0.29, 0.717) is 0 Å². The van der Waals surface area contributed by atoms with E-state index in [1.165, 1.54) is 185 Å². The first kappa shape index (κ1) is 77.0. The molecule has 0 amide bonds. The van der Waals surface area contributed by atoms with E-state index >= 15 is 0 Å². The first-order valence-electron chi connectivity index (χ1n) is 44.7. The van der Waals surface area contributed by atoms with Crippen LogP contribution >= 0.6 is 22.7 Å². The van der Waals surface area contributed by atoms with Crippen LogP contribution in [0.2, 0.25) is 0 Å². The fraction of sp³-hybridized carbons (Fsp3) is 0.0400. The van der Waals surface area contributed by atoms with Crippen LogP contribution in [0.25, 0.3) is 129 Å². The Bertz CT molecular complexity index is 7900. The van der Waals surface area contributed by atoms with Gasteiger partial charge in [-0.25, -0.2) is 0 Å². The van der Waals surface area contributed by atoms with Crippen LogP contribution < -0.4 is 9.80 Å². The second-order valence-electron chi connectivity index (χ2n) is 34.8. The predicted octanol–water partition coefficient (Wildman–Crippen LogP) is 34.4. The zero-order chi connectivity index (χ0) is 85.7. The van der Waals surface area contributed by atoms with Crippen LogP contribution in [-0.2, 0) is 16.2 Å². The minimum atomic E-state index is -0.483. The van der Waals surface area contributed by atoms with E-state index in [2.05, 4.69) is 509 Å². The molecule has 4 heteroatoms. The summed E-state index contributed by atoms with van der Waals surface area (Å²) in [4.78, 5) is 4.74. The molecule has 0 atom stereocenters. The molecule has 20 aromatic carbocycles. The van der Waals surface area contributed by atoms with E-state index in [0.717, 1.165) is 34.1 Å². The number of para-hydroxylation sites is 2. The summed E-state index contributed by atoms with van der Waals surface area (Å²) in [5.41, 5.74) is 38.8. The Morgan fingerprint density at radius 3 is 0.860 bits per heavy atom. The Hall–Kier alpha value is -15.6. The maximum atomic E-state index is 2.51. The van der Waals surface area contributed by atoms with Gasteiger partial charge >= 0.3 is 0 Å². The molecule has 0 bridgehead atoms. The fourth-order valence-corrected chi connectivity index (χ4v) is 24.0. The molecular formula is C125H86N2S2. The average molecular weight is 1680 g/mol. The molecule has 0 fully saturated rings. The zero-order valence-electron chi connectivity index (χ0n) is 71.4. The van der Waals surface area contributed by atoms with Gasteiger partial charge in [0.2, 0.25) is 0 Å². The van der Waals surface area contributed by atoms with Crippen molar-refractivity contribution in [3.8, 4) is 89.0 Å². The molecule has 0 N–H and O–H groups in total. The van der Waals surface area contributed by atoms with Gasteiger partial charge in [0, 0.05) is 91.0 Å². The number of hydrogen-bond donors (Lipinski definition) is 0. The van der Waals surface area contributed by atoms with Gasteiger partial charge in [0.05, 0.1) is 10.8 Å². The Balaban J connectivity index is 0.000000147. The highest BCUT2D eigenvalue weighted by Gasteiger charge is 2.48. The molecule has 0 saturated carbocycles. The third-order valence-corrected chi connectivity index (χ3v) is 29.9. The van der Waals surface area contributed by atoms with Crippen molar-refractivity contribution in [2.75, 3.05) is 9.80 Å². The molecular weight excluding hydrogens is 1590 g/mol. The van der Waals surface area contributed by atoms with Crippen molar-refractivity contribution in [1.82, 2.24) is 0 Å². The lowest BCUT2D eigenvalue weighted by Gasteiger charge is -2.34. The molecule has 0 saturated heterocycles. The van der Waals surface area contributed by atoms with Gasteiger partial charge < -0.3 is 9.80 Å².